The van der Waals surface area contributed by atoms with Crippen LogP contribution < -0.4 is 4.74 Å². The van der Waals surface area contributed by atoms with Crippen LogP contribution in [0.5, 0.6) is 5.75 Å². The highest BCUT2D eigenvalue weighted by molar-refractivity contribution is 5.94. The largest absolute Gasteiger partial charge is 0.494 e. The molecule has 3 rings (SSSR count). The van der Waals surface area contributed by atoms with Crippen molar-refractivity contribution in [1.29, 1.82) is 0 Å². The summed E-state index contributed by atoms with van der Waals surface area (Å²) in [6.45, 7) is 3.79. The number of benzene rings is 2. The van der Waals surface area contributed by atoms with E-state index in [-0.39, 0.29) is 17.5 Å². The topological polar surface area (TPSA) is 32.8 Å². The summed E-state index contributed by atoms with van der Waals surface area (Å²) in [5, 5.41) is 0. The van der Waals surface area contributed by atoms with E-state index < -0.39 is 0 Å². The van der Waals surface area contributed by atoms with Crippen molar-refractivity contribution in [3.05, 3.63) is 65.5 Å². The van der Waals surface area contributed by atoms with Crippen molar-refractivity contribution in [3.63, 3.8) is 0 Å². The fourth-order valence-electron chi connectivity index (χ4n) is 3.16. The first-order valence-corrected chi connectivity index (χ1v) is 8.56. The molecule has 0 saturated carbocycles. The number of rotatable bonds is 4. The van der Waals surface area contributed by atoms with Gasteiger partial charge >= 0.3 is 0 Å². The number of methoxy groups -OCH3 is 1. The number of nitrogens with zero attached hydrogens (tertiary/aromatic N) is 2. The Morgan fingerprint density at radius 1 is 1.08 bits per heavy atom. The van der Waals surface area contributed by atoms with Gasteiger partial charge in [0.05, 0.1) is 7.11 Å². The van der Waals surface area contributed by atoms with Gasteiger partial charge in [-0.15, -0.1) is 0 Å². The molecule has 0 N–H and O–H groups in total. The molecule has 4 nitrogen and oxygen atoms in total. The van der Waals surface area contributed by atoms with Crippen LogP contribution in [-0.2, 0) is 6.54 Å². The second kappa shape index (κ2) is 8.12. The van der Waals surface area contributed by atoms with E-state index in [0.29, 0.717) is 13.1 Å². The van der Waals surface area contributed by atoms with Gasteiger partial charge in [-0.3, -0.25) is 9.69 Å². The van der Waals surface area contributed by atoms with Crippen molar-refractivity contribution in [3.8, 4) is 5.75 Å². The van der Waals surface area contributed by atoms with Crippen molar-refractivity contribution in [2.75, 3.05) is 33.3 Å². The molecule has 25 heavy (non-hydrogen) atoms. The molecule has 1 aliphatic heterocycles. The number of ether oxygens (including phenoxy) is 1. The smallest absolute Gasteiger partial charge is 0.253 e. The fourth-order valence-corrected chi connectivity index (χ4v) is 3.16. The molecule has 0 aliphatic carbocycles. The van der Waals surface area contributed by atoms with Gasteiger partial charge in [0.1, 0.15) is 0 Å². The third-order valence-corrected chi connectivity index (χ3v) is 4.52. The van der Waals surface area contributed by atoms with Crippen LogP contribution in [0.15, 0.2) is 48.5 Å². The van der Waals surface area contributed by atoms with Gasteiger partial charge in [0.15, 0.2) is 11.6 Å². The molecule has 1 heterocycles. The Kier molecular flexibility index (Phi) is 5.66. The molecule has 1 saturated heterocycles. The molecule has 132 valence electrons. The zero-order chi connectivity index (χ0) is 17.6. The summed E-state index contributed by atoms with van der Waals surface area (Å²) in [7, 11) is 1.46. The zero-order valence-electron chi connectivity index (χ0n) is 14.5. The van der Waals surface area contributed by atoms with Crippen molar-refractivity contribution in [2.45, 2.75) is 13.0 Å². The summed E-state index contributed by atoms with van der Waals surface area (Å²) in [5.41, 5.74) is 1.65. The van der Waals surface area contributed by atoms with Crippen LogP contribution in [0.1, 0.15) is 22.3 Å². The Morgan fingerprint density at radius 3 is 2.60 bits per heavy atom. The molecule has 0 bridgehead atoms. The first kappa shape index (κ1) is 17.4. The predicted octanol–water partition coefficient (Wildman–Crippen LogP) is 3.18. The highest BCUT2D eigenvalue weighted by atomic mass is 19.1. The third kappa shape index (κ3) is 4.37. The van der Waals surface area contributed by atoms with Crippen LogP contribution in [0.25, 0.3) is 0 Å². The number of amides is 1. The van der Waals surface area contributed by atoms with Gasteiger partial charge in [0.2, 0.25) is 0 Å². The maximum absolute atomic E-state index is 13.8. The Balaban J connectivity index is 1.60. The minimum absolute atomic E-state index is 0.0814. The predicted molar refractivity (Wildman–Crippen MR) is 95.2 cm³/mol. The summed E-state index contributed by atoms with van der Waals surface area (Å²) >= 11 is 0. The molecule has 0 spiro atoms. The molecule has 1 fully saturated rings. The fraction of sp³-hybridized carbons (Fsp3) is 0.350. The molecule has 2 aromatic rings. The Morgan fingerprint density at radius 2 is 1.88 bits per heavy atom. The normalized spacial score (nSPS) is 15.7. The van der Waals surface area contributed by atoms with Gasteiger partial charge in [-0.25, -0.2) is 4.39 Å². The van der Waals surface area contributed by atoms with Crippen molar-refractivity contribution >= 4 is 5.91 Å². The summed E-state index contributed by atoms with van der Waals surface area (Å²) < 4.78 is 18.8. The quantitative estimate of drug-likeness (QED) is 0.855. The lowest BCUT2D eigenvalue weighted by atomic mass is 10.2. The molecule has 0 unspecified atom stereocenters. The van der Waals surface area contributed by atoms with Crippen LogP contribution >= 0.6 is 0 Å². The second-order valence-corrected chi connectivity index (χ2v) is 6.26. The lowest BCUT2D eigenvalue weighted by molar-refractivity contribution is 0.0761. The molecule has 1 aliphatic rings. The third-order valence-electron chi connectivity index (χ3n) is 4.52. The van der Waals surface area contributed by atoms with E-state index in [1.807, 2.05) is 41.3 Å². The van der Waals surface area contributed by atoms with Crippen molar-refractivity contribution < 1.29 is 13.9 Å². The lowest BCUT2D eigenvalue weighted by Gasteiger charge is -2.22. The molecule has 5 heteroatoms. The summed E-state index contributed by atoms with van der Waals surface area (Å²) in [6.07, 6.45) is 0.914. The van der Waals surface area contributed by atoms with Crippen LogP contribution in [0.2, 0.25) is 0 Å². The standard InChI is InChI=1S/C20H23FN2O2/c1-25-19-9-8-16(14-18(19)21)15-22-10-5-11-23(13-12-22)20(24)17-6-3-2-4-7-17/h2-4,6-9,14H,5,10-13,15H2,1H3. The van der Waals surface area contributed by atoms with Gasteiger partial charge in [0.25, 0.3) is 5.91 Å². The second-order valence-electron chi connectivity index (χ2n) is 6.26. The van der Waals surface area contributed by atoms with Gasteiger partial charge in [-0.05, 0) is 36.2 Å². The molecule has 2 aromatic carbocycles. The Hall–Kier alpha value is -2.40. The van der Waals surface area contributed by atoms with Gasteiger partial charge in [0, 0.05) is 38.3 Å². The molecule has 1 amide bonds. The Bertz CT molecular complexity index is 721. The highest BCUT2D eigenvalue weighted by Gasteiger charge is 2.20. The summed E-state index contributed by atoms with van der Waals surface area (Å²) in [6, 6.07) is 14.5. The SMILES string of the molecule is COc1ccc(CN2CCCN(C(=O)c3ccccc3)CC2)cc1F. The summed E-state index contributed by atoms with van der Waals surface area (Å²) in [4.78, 5) is 16.7. The number of halogens is 1. The number of hydrogen-bond acceptors (Lipinski definition) is 3. The van der Waals surface area contributed by atoms with E-state index in [9.17, 15) is 9.18 Å². The van der Waals surface area contributed by atoms with Gasteiger partial charge in [-0.2, -0.15) is 0 Å². The maximum Gasteiger partial charge on any atom is 0.253 e. The minimum Gasteiger partial charge on any atom is -0.494 e. The lowest BCUT2D eigenvalue weighted by Crippen LogP contribution is -2.35. The first-order chi connectivity index (χ1) is 12.2. The van der Waals surface area contributed by atoms with E-state index in [4.69, 9.17) is 4.74 Å². The first-order valence-electron chi connectivity index (χ1n) is 8.56. The average Bonchev–Trinajstić information content (AvgIpc) is 2.88. The molecule has 0 aromatic heterocycles. The zero-order valence-corrected chi connectivity index (χ0v) is 14.5. The Labute approximate surface area is 147 Å². The van der Waals surface area contributed by atoms with Crippen molar-refractivity contribution in [2.24, 2.45) is 0 Å². The van der Waals surface area contributed by atoms with E-state index in [0.717, 1.165) is 37.2 Å². The molecular formula is C20H23FN2O2. The van der Waals surface area contributed by atoms with Crippen LogP contribution in [-0.4, -0.2) is 49.0 Å². The van der Waals surface area contributed by atoms with E-state index in [1.165, 1.54) is 13.2 Å². The van der Waals surface area contributed by atoms with Crippen LogP contribution in [0, 0.1) is 5.82 Å². The van der Waals surface area contributed by atoms with Crippen LogP contribution in [0.3, 0.4) is 0 Å². The van der Waals surface area contributed by atoms with Gasteiger partial charge < -0.3 is 9.64 Å². The molecular weight excluding hydrogens is 319 g/mol. The van der Waals surface area contributed by atoms with E-state index >= 15 is 0 Å². The van der Waals surface area contributed by atoms with Crippen molar-refractivity contribution in [1.82, 2.24) is 9.80 Å². The maximum atomic E-state index is 13.8. The highest BCUT2D eigenvalue weighted by Crippen LogP contribution is 2.19. The monoisotopic (exact) mass is 342 g/mol. The van der Waals surface area contributed by atoms with Gasteiger partial charge in [-0.1, -0.05) is 24.3 Å². The molecule has 0 atom stereocenters. The number of hydrogen-bond donors (Lipinski definition) is 0. The average molecular weight is 342 g/mol. The van der Waals surface area contributed by atoms with E-state index in [1.54, 1.807) is 6.07 Å². The molecule has 0 radical (unpaired) electrons. The number of carbonyl (C=O) groups excluding carboxylic acids is 1. The summed E-state index contributed by atoms with van der Waals surface area (Å²) in [5.74, 6) is 0.00731. The minimum atomic E-state index is -0.337. The number of carbonyl (C=O) groups is 1. The van der Waals surface area contributed by atoms with Crippen LogP contribution in [0.4, 0.5) is 4.39 Å². The van der Waals surface area contributed by atoms with E-state index in [2.05, 4.69) is 4.90 Å².